The molecule has 1 aromatic rings. The highest BCUT2D eigenvalue weighted by Gasteiger charge is 2.22. The van der Waals surface area contributed by atoms with Crippen LogP contribution in [-0.2, 0) is 12.8 Å². The number of nitrogens with two attached hydrogens (primary N) is 1. The first-order valence-corrected chi connectivity index (χ1v) is 8.06. The molecule has 18 heavy (non-hydrogen) atoms. The maximum absolute atomic E-state index is 6.30. The second-order valence-electron chi connectivity index (χ2n) is 5.37. The van der Waals surface area contributed by atoms with Crippen LogP contribution in [-0.4, -0.2) is 24.2 Å². The van der Waals surface area contributed by atoms with Crippen LogP contribution in [0.5, 0.6) is 5.75 Å². The van der Waals surface area contributed by atoms with Gasteiger partial charge < -0.3 is 10.5 Å². The highest BCUT2D eigenvalue weighted by molar-refractivity contribution is 7.99. The van der Waals surface area contributed by atoms with Crippen molar-refractivity contribution in [1.82, 2.24) is 0 Å². The van der Waals surface area contributed by atoms with E-state index in [2.05, 4.69) is 30.0 Å². The summed E-state index contributed by atoms with van der Waals surface area (Å²) in [6.07, 6.45) is 4.60. The van der Waals surface area contributed by atoms with Gasteiger partial charge in [-0.3, -0.25) is 0 Å². The number of benzene rings is 1. The average molecular weight is 263 g/mol. The Morgan fingerprint density at radius 1 is 1.44 bits per heavy atom. The summed E-state index contributed by atoms with van der Waals surface area (Å²) < 4.78 is 5.53. The molecule has 3 rings (SSSR count). The highest BCUT2D eigenvalue weighted by atomic mass is 32.2. The highest BCUT2D eigenvalue weighted by Crippen LogP contribution is 2.29. The van der Waals surface area contributed by atoms with E-state index in [-0.39, 0.29) is 0 Å². The van der Waals surface area contributed by atoms with E-state index in [0.29, 0.717) is 6.04 Å². The van der Waals surface area contributed by atoms with Gasteiger partial charge in [0.25, 0.3) is 0 Å². The van der Waals surface area contributed by atoms with Gasteiger partial charge in [0.1, 0.15) is 5.75 Å². The van der Waals surface area contributed by atoms with Gasteiger partial charge in [-0.1, -0.05) is 12.1 Å². The predicted molar refractivity (Wildman–Crippen MR) is 77.4 cm³/mol. The first-order chi connectivity index (χ1) is 8.83. The number of rotatable bonds is 4. The van der Waals surface area contributed by atoms with Crippen molar-refractivity contribution in [1.29, 1.82) is 0 Å². The molecule has 3 heteroatoms. The third kappa shape index (κ3) is 2.67. The minimum Gasteiger partial charge on any atom is -0.493 e. The summed E-state index contributed by atoms with van der Waals surface area (Å²) >= 11 is 2.05. The lowest BCUT2D eigenvalue weighted by molar-refractivity contribution is 0.357. The number of ether oxygens (including phenoxy) is 1. The topological polar surface area (TPSA) is 35.2 Å². The smallest absolute Gasteiger partial charge is 0.122 e. The molecule has 2 nitrogen and oxygen atoms in total. The van der Waals surface area contributed by atoms with Crippen LogP contribution in [0.1, 0.15) is 24.0 Å². The SMILES string of the molecule is NC(CCc1ccc2c(c1)CCO2)C1CCSC1. The molecule has 2 aliphatic rings. The molecule has 0 aliphatic carbocycles. The Kier molecular flexibility index (Phi) is 3.80. The summed E-state index contributed by atoms with van der Waals surface area (Å²) in [6.45, 7) is 0.845. The fourth-order valence-electron chi connectivity index (χ4n) is 2.85. The standard InChI is InChI=1S/C15H21NOS/c16-14(13-6-8-18-10-13)3-1-11-2-4-15-12(9-11)5-7-17-15/h2,4,9,13-14H,1,3,5-8,10,16H2. The first kappa shape index (κ1) is 12.4. The van der Waals surface area contributed by atoms with E-state index in [1.807, 2.05) is 0 Å². The lowest BCUT2D eigenvalue weighted by atomic mass is 9.93. The van der Waals surface area contributed by atoms with Crippen LogP contribution in [0.2, 0.25) is 0 Å². The third-order valence-corrected chi connectivity index (χ3v) is 5.28. The van der Waals surface area contributed by atoms with E-state index in [1.54, 1.807) is 0 Å². The van der Waals surface area contributed by atoms with E-state index >= 15 is 0 Å². The Balaban J connectivity index is 1.56. The molecule has 2 aliphatic heterocycles. The van der Waals surface area contributed by atoms with Crippen LogP contribution in [0.15, 0.2) is 18.2 Å². The van der Waals surface area contributed by atoms with E-state index < -0.39 is 0 Å². The fraction of sp³-hybridized carbons (Fsp3) is 0.600. The lowest BCUT2D eigenvalue weighted by Crippen LogP contribution is -2.30. The second kappa shape index (κ2) is 5.54. The zero-order valence-electron chi connectivity index (χ0n) is 10.7. The molecular weight excluding hydrogens is 242 g/mol. The molecule has 2 unspecified atom stereocenters. The van der Waals surface area contributed by atoms with Crippen molar-refractivity contribution in [2.75, 3.05) is 18.1 Å². The van der Waals surface area contributed by atoms with Gasteiger partial charge in [-0.25, -0.2) is 0 Å². The summed E-state index contributed by atoms with van der Waals surface area (Å²) in [5.74, 6) is 4.39. The van der Waals surface area contributed by atoms with Crippen LogP contribution in [0.25, 0.3) is 0 Å². The molecule has 0 amide bonds. The Bertz CT molecular complexity index is 415. The molecule has 0 aromatic heterocycles. The van der Waals surface area contributed by atoms with Gasteiger partial charge in [0.05, 0.1) is 6.61 Å². The molecule has 0 bridgehead atoms. The Hall–Kier alpha value is -0.670. The maximum Gasteiger partial charge on any atom is 0.122 e. The van der Waals surface area contributed by atoms with Crippen molar-refractivity contribution in [2.45, 2.75) is 31.7 Å². The normalized spacial score (nSPS) is 23.7. The molecule has 0 spiro atoms. The molecule has 1 fully saturated rings. The van der Waals surface area contributed by atoms with E-state index in [0.717, 1.165) is 37.5 Å². The largest absolute Gasteiger partial charge is 0.493 e. The Labute approximate surface area is 113 Å². The van der Waals surface area contributed by atoms with E-state index in [9.17, 15) is 0 Å². The predicted octanol–water partition coefficient (Wildman–Crippen LogP) is 2.63. The molecule has 0 saturated carbocycles. The van der Waals surface area contributed by atoms with E-state index in [4.69, 9.17) is 10.5 Å². The van der Waals surface area contributed by atoms with Gasteiger partial charge in [0, 0.05) is 12.5 Å². The van der Waals surface area contributed by atoms with Gasteiger partial charge in [0.15, 0.2) is 0 Å². The number of thioether (sulfide) groups is 1. The Morgan fingerprint density at radius 3 is 3.22 bits per heavy atom. The van der Waals surface area contributed by atoms with Crippen molar-refractivity contribution in [2.24, 2.45) is 11.7 Å². The maximum atomic E-state index is 6.30. The van der Waals surface area contributed by atoms with Crippen molar-refractivity contribution in [3.63, 3.8) is 0 Å². The molecule has 1 saturated heterocycles. The minimum absolute atomic E-state index is 0.379. The fourth-order valence-corrected chi connectivity index (χ4v) is 4.21. The van der Waals surface area contributed by atoms with Crippen LogP contribution >= 0.6 is 11.8 Å². The zero-order valence-corrected chi connectivity index (χ0v) is 11.5. The number of hydrogen-bond donors (Lipinski definition) is 1. The summed E-state index contributed by atoms with van der Waals surface area (Å²) in [5, 5.41) is 0. The number of aryl methyl sites for hydroxylation is 1. The van der Waals surface area contributed by atoms with Crippen LogP contribution in [0, 0.1) is 5.92 Å². The van der Waals surface area contributed by atoms with E-state index in [1.165, 1.54) is 29.1 Å². The van der Waals surface area contributed by atoms with Gasteiger partial charge >= 0.3 is 0 Å². The molecule has 98 valence electrons. The Morgan fingerprint density at radius 2 is 2.39 bits per heavy atom. The number of hydrogen-bond acceptors (Lipinski definition) is 3. The first-order valence-electron chi connectivity index (χ1n) is 6.91. The van der Waals surface area contributed by atoms with Crippen molar-refractivity contribution in [3.8, 4) is 5.75 Å². The van der Waals surface area contributed by atoms with Gasteiger partial charge in [0.2, 0.25) is 0 Å². The average Bonchev–Trinajstić information content (AvgIpc) is 3.05. The zero-order chi connectivity index (χ0) is 12.4. The molecule has 1 aromatic carbocycles. The van der Waals surface area contributed by atoms with Crippen LogP contribution in [0.4, 0.5) is 0 Å². The summed E-state index contributed by atoms with van der Waals surface area (Å²) in [7, 11) is 0. The van der Waals surface area contributed by atoms with Crippen molar-refractivity contribution >= 4 is 11.8 Å². The quantitative estimate of drug-likeness (QED) is 0.907. The van der Waals surface area contributed by atoms with Crippen LogP contribution < -0.4 is 10.5 Å². The number of fused-ring (bicyclic) bond motifs is 1. The summed E-state index contributed by atoms with van der Waals surface area (Å²) in [4.78, 5) is 0. The van der Waals surface area contributed by atoms with Crippen molar-refractivity contribution in [3.05, 3.63) is 29.3 Å². The monoisotopic (exact) mass is 263 g/mol. The lowest BCUT2D eigenvalue weighted by Gasteiger charge is -2.18. The molecule has 2 N–H and O–H groups in total. The van der Waals surface area contributed by atoms with Crippen molar-refractivity contribution < 1.29 is 4.74 Å². The molecule has 2 atom stereocenters. The van der Waals surface area contributed by atoms with Gasteiger partial charge in [-0.05, 0) is 53.9 Å². The van der Waals surface area contributed by atoms with Gasteiger partial charge in [-0.15, -0.1) is 0 Å². The third-order valence-electron chi connectivity index (χ3n) is 4.09. The summed E-state index contributed by atoms with van der Waals surface area (Å²) in [5.41, 5.74) is 9.09. The van der Waals surface area contributed by atoms with Crippen LogP contribution in [0.3, 0.4) is 0 Å². The molecule has 2 heterocycles. The second-order valence-corrected chi connectivity index (χ2v) is 6.52. The molecule has 0 radical (unpaired) electrons. The minimum atomic E-state index is 0.379. The molecular formula is C15H21NOS. The van der Waals surface area contributed by atoms with Gasteiger partial charge in [-0.2, -0.15) is 11.8 Å². The summed E-state index contributed by atoms with van der Waals surface area (Å²) in [6, 6.07) is 7.00.